The number of ether oxygens (including phenoxy) is 1. The molecule has 0 bridgehead atoms. The molecule has 1 aliphatic rings. The van der Waals surface area contributed by atoms with Crippen LogP contribution in [0.4, 0.5) is 5.69 Å². The Morgan fingerprint density at radius 2 is 1.75 bits per heavy atom. The number of carbonyl (C=O) groups excluding carboxylic acids is 2. The van der Waals surface area contributed by atoms with Crippen LogP contribution in [0, 0.1) is 6.92 Å². The van der Waals surface area contributed by atoms with Crippen LogP contribution in [0.5, 0.6) is 5.75 Å². The van der Waals surface area contributed by atoms with E-state index in [9.17, 15) is 9.59 Å². The van der Waals surface area contributed by atoms with Gasteiger partial charge in [-0.3, -0.25) is 14.5 Å². The predicted octanol–water partition coefficient (Wildman–Crippen LogP) is 5.04. The van der Waals surface area contributed by atoms with Gasteiger partial charge < -0.3 is 14.5 Å². The number of hydrogen-bond donors (Lipinski definition) is 1. The van der Waals surface area contributed by atoms with E-state index in [4.69, 9.17) is 9.15 Å². The third-order valence-corrected chi connectivity index (χ3v) is 5.97. The molecule has 1 aliphatic carbocycles. The molecule has 1 saturated carbocycles. The highest BCUT2D eigenvalue weighted by Crippen LogP contribution is 2.33. The smallest absolute Gasteiger partial charge is 0.294 e. The molecule has 1 aromatic heterocycles. The van der Waals surface area contributed by atoms with E-state index in [1.165, 1.54) is 6.26 Å². The number of nitrogens with one attached hydrogen (secondary N) is 1. The molecule has 1 fully saturated rings. The maximum Gasteiger partial charge on any atom is 0.294 e. The van der Waals surface area contributed by atoms with Crippen LogP contribution < -0.4 is 15.0 Å². The summed E-state index contributed by atoms with van der Waals surface area (Å²) in [6.45, 7) is 1.93. The Hall–Kier alpha value is -3.54. The lowest BCUT2D eigenvalue weighted by Gasteiger charge is -2.32. The van der Waals surface area contributed by atoms with Gasteiger partial charge in [0.25, 0.3) is 5.91 Å². The average Bonchev–Trinajstić information content (AvgIpc) is 3.52. The van der Waals surface area contributed by atoms with Gasteiger partial charge in [-0.05, 0) is 61.2 Å². The van der Waals surface area contributed by atoms with Gasteiger partial charge in [0.1, 0.15) is 11.8 Å². The third kappa shape index (κ3) is 4.54. The summed E-state index contributed by atoms with van der Waals surface area (Å²) >= 11 is 0. The maximum atomic E-state index is 13.7. The zero-order valence-corrected chi connectivity index (χ0v) is 18.4. The first-order valence-electron chi connectivity index (χ1n) is 11.0. The Bertz CT molecular complexity index is 1050. The number of benzene rings is 2. The maximum absolute atomic E-state index is 13.7. The Morgan fingerprint density at radius 1 is 1.03 bits per heavy atom. The van der Waals surface area contributed by atoms with Crippen LogP contribution in [-0.2, 0) is 4.79 Å². The second kappa shape index (κ2) is 9.73. The number of methoxy groups -OCH3 is 1. The van der Waals surface area contributed by atoms with Crippen LogP contribution in [0.15, 0.2) is 71.3 Å². The summed E-state index contributed by atoms with van der Waals surface area (Å²) in [6.07, 6.45) is 5.58. The number of nitrogens with zero attached hydrogens (tertiary/aromatic N) is 1. The van der Waals surface area contributed by atoms with Gasteiger partial charge in [-0.25, -0.2) is 0 Å². The molecule has 6 heteroatoms. The molecule has 32 heavy (non-hydrogen) atoms. The zero-order valence-electron chi connectivity index (χ0n) is 18.4. The zero-order chi connectivity index (χ0) is 22.5. The van der Waals surface area contributed by atoms with Gasteiger partial charge in [0.15, 0.2) is 5.76 Å². The highest BCUT2D eigenvalue weighted by atomic mass is 16.5. The number of aryl methyl sites for hydroxylation is 1. The van der Waals surface area contributed by atoms with Gasteiger partial charge in [-0.1, -0.05) is 43.2 Å². The Kier molecular flexibility index (Phi) is 6.59. The van der Waals surface area contributed by atoms with Crippen LogP contribution in [0.1, 0.15) is 53.4 Å². The molecule has 6 nitrogen and oxygen atoms in total. The van der Waals surface area contributed by atoms with E-state index in [2.05, 4.69) is 5.32 Å². The number of furan rings is 1. The molecule has 4 rings (SSSR count). The summed E-state index contributed by atoms with van der Waals surface area (Å²) < 4.78 is 10.7. The molecule has 1 heterocycles. The fourth-order valence-corrected chi connectivity index (χ4v) is 4.27. The molecule has 2 amide bonds. The standard InChI is InChI=1S/C26H28N2O4/c1-18-8-3-6-11-22(18)28(26(30)23-12-7-17-32-23)24(19-13-15-21(31-2)16-14-19)25(29)27-20-9-4-5-10-20/h3,6-8,11-17,20,24H,4-5,9-10H2,1-2H3,(H,27,29). The first-order valence-corrected chi connectivity index (χ1v) is 11.0. The van der Waals surface area contributed by atoms with Crippen molar-refractivity contribution in [3.63, 3.8) is 0 Å². The lowest BCUT2D eigenvalue weighted by molar-refractivity contribution is -0.123. The molecule has 2 aromatic carbocycles. The molecular formula is C26H28N2O4. The highest BCUT2D eigenvalue weighted by Gasteiger charge is 2.36. The fraction of sp³-hybridized carbons (Fsp3) is 0.308. The van der Waals surface area contributed by atoms with Crippen molar-refractivity contribution in [2.45, 2.75) is 44.7 Å². The highest BCUT2D eigenvalue weighted by molar-refractivity contribution is 6.09. The average molecular weight is 433 g/mol. The summed E-state index contributed by atoms with van der Waals surface area (Å²) in [6, 6.07) is 17.4. The van der Waals surface area contributed by atoms with E-state index in [1.807, 2.05) is 43.3 Å². The monoisotopic (exact) mass is 432 g/mol. The molecule has 0 spiro atoms. The van der Waals surface area contributed by atoms with E-state index in [1.54, 1.807) is 36.3 Å². The van der Waals surface area contributed by atoms with E-state index in [0.29, 0.717) is 17.0 Å². The summed E-state index contributed by atoms with van der Waals surface area (Å²) in [5.74, 6) is 0.292. The fourth-order valence-electron chi connectivity index (χ4n) is 4.27. The van der Waals surface area contributed by atoms with Crippen molar-refractivity contribution in [3.8, 4) is 5.75 Å². The van der Waals surface area contributed by atoms with Gasteiger partial charge >= 0.3 is 0 Å². The third-order valence-electron chi connectivity index (χ3n) is 5.97. The van der Waals surface area contributed by atoms with Crippen molar-refractivity contribution in [2.24, 2.45) is 0 Å². The van der Waals surface area contributed by atoms with E-state index in [0.717, 1.165) is 31.2 Å². The minimum absolute atomic E-state index is 0.126. The van der Waals surface area contributed by atoms with E-state index in [-0.39, 0.29) is 23.6 Å². The minimum Gasteiger partial charge on any atom is -0.497 e. The molecule has 0 aliphatic heterocycles. The second-order valence-corrected chi connectivity index (χ2v) is 8.10. The number of anilines is 1. The number of para-hydroxylation sites is 1. The van der Waals surface area contributed by atoms with Crippen LogP contribution in [-0.4, -0.2) is 25.0 Å². The molecule has 0 saturated heterocycles. The molecule has 1 unspecified atom stereocenters. The van der Waals surface area contributed by atoms with E-state index >= 15 is 0 Å². The Labute approximate surface area is 188 Å². The van der Waals surface area contributed by atoms with Gasteiger partial charge in [0.2, 0.25) is 5.91 Å². The van der Waals surface area contributed by atoms with Crippen molar-refractivity contribution < 1.29 is 18.7 Å². The van der Waals surface area contributed by atoms with Gasteiger partial charge in [-0.15, -0.1) is 0 Å². The quantitative estimate of drug-likeness (QED) is 0.568. The lowest BCUT2D eigenvalue weighted by Crippen LogP contribution is -2.46. The van der Waals surface area contributed by atoms with Crippen molar-refractivity contribution in [1.82, 2.24) is 5.32 Å². The normalized spacial score (nSPS) is 14.7. The summed E-state index contributed by atoms with van der Waals surface area (Å²) in [5.41, 5.74) is 2.25. The number of amides is 2. The molecule has 1 atom stereocenters. The molecule has 3 aromatic rings. The lowest BCUT2D eigenvalue weighted by atomic mass is 10.0. The van der Waals surface area contributed by atoms with Gasteiger partial charge in [0.05, 0.1) is 13.4 Å². The van der Waals surface area contributed by atoms with E-state index < -0.39 is 6.04 Å². The minimum atomic E-state index is -0.861. The van der Waals surface area contributed by atoms with Crippen molar-refractivity contribution in [3.05, 3.63) is 83.8 Å². The van der Waals surface area contributed by atoms with Crippen molar-refractivity contribution >= 4 is 17.5 Å². The molecular weight excluding hydrogens is 404 g/mol. The van der Waals surface area contributed by atoms with Crippen LogP contribution >= 0.6 is 0 Å². The Balaban J connectivity index is 1.81. The Morgan fingerprint density at radius 3 is 2.38 bits per heavy atom. The molecule has 0 radical (unpaired) electrons. The number of carbonyl (C=O) groups is 2. The topological polar surface area (TPSA) is 71.8 Å². The van der Waals surface area contributed by atoms with Crippen molar-refractivity contribution in [2.75, 3.05) is 12.0 Å². The largest absolute Gasteiger partial charge is 0.497 e. The first-order chi connectivity index (χ1) is 15.6. The van der Waals surface area contributed by atoms with Crippen LogP contribution in [0.2, 0.25) is 0 Å². The molecule has 166 valence electrons. The van der Waals surface area contributed by atoms with Gasteiger partial charge in [-0.2, -0.15) is 0 Å². The van der Waals surface area contributed by atoms with Crippen LogP contribution in [0.3, 0.4) is 0 Å². The summed E-state index contributed by atoms with van der Waals surface area (Å²) in [5, 5.41) is 3.18. The van der Waals surface area contributed by atoms with Crippen molar-refractivity contribution in [1.29, 1.82) is 0 Å². The number of rotatable bonds is 7. The second-order valence-electron chi connectivity index (χ2n) is 8.10. The van der Waals surface area contributed by atoms with Gasteiger partial charge in [0, 0.05) is 11.7 Å². The SMILES string of the molecule is COc1ccc(C(C(=O)NC2CCCC2)N(C(=O)c2ccco2)c2ccccc2C)cc1. The molecule has 1 N–H and O–H groups in total. The van der Waals surface area contributed by atoms with Crippen LogP contribution in [0.25, 0.3) is 0 Å². The summed E-state index contributed by atoms with van der Waals surface area (Å²) in [7, 11) is 1.60. The summed E-state index contributed by atoms with van der Waals surface area (Å²) in [4.78, 5) is 28.9. The number of hydrogen-bond acceptors (Lipinski definition) is 4. The predicted molar refractivity (Wildman–Crippen MR) is 123 cm³/mol. The first kappa shape index (κ1) is 21.7.